The molecule has 1 aromatic heterocycles. The molecule has 1 heterocycles. The third-order valence-electron chi connectivity index (χ3n) is 1.38. The molecule has 0 spiro atoms. The van der Waals surface area contributed by atoms with Crippen LogP contribution in [0.4, 0.5) is 3.89 Å². The topological polar surface area (TPSA) is 77.2 Å². The largest absolute Gasteiger partial charge is 0.365 e. The molecule has 0 radical (unpaired) electrons. The van der Waals surface area contributed by atoms with E-state index < -0.39 is 21.0 Å². The molecule has 72 valence electrons. The third kappa shape index (κ3) is 2.04. The molecule has 0 saturated heterocycles. The highest BCUT2D eigenvalue weighted by Gasteiger charge is 2.20. The minimum atomic E-state index is -4.74. The lowest BCUT2D eigenvalue weighted by atomic mass is 10.4. The van der Waals surface area contributed by atoms with E-state index >= 15 is 0 Å². The summed E-state index contributed by atoms with van der Waals surface area (Å²) >= 11 is 0.856. The number of aryl methyl sites for hydroxylation is 1. The molecule has 0 atom stereocenters. The fourth-order valence-corrected chi connectivity index (χ4v) is 2.70. The van der Waals surface area contributed by atoms with Gasteiger partial charge in [-0.25, -0.2) is 0 Å². The Labute approximate surface area is 78.4 Å². The van der Waals surface area contributed by atoms with Gasteiger partial charge in [0.25, 0.3) is 5.91 Å². The number of rotatable bonds is 2. The lowest BCUT2D eigenvalue weighted by molar-refractivity contribution is 0.100. The van der Waals surface area contributed by atoms with Crippen molar-refractivity contribution in [2.24, 2.45) is 5.73 Å². The van der Waals surface area contributed by atoms with Crippen LogP contribution in [-0.2, 0) is 10.2 Å². The van der Waals surface area contributed by atoms with Gasteiger partial charge in [-0.1, -0.05) is 0 Å². The van der Waals surface area contributed by atoms with Crippen molar-refractivity contribution in [3.05, 3.63) is 15.8 Å². The summed E-state index contributed by atoms with van der Waals surface area (Å²) in [4.78, 5) is 10.4. The van der Waals surface area contributed by atoms with E-state index in [1.54, 1.807) is 0 Å². The molecule has 13 heavy (non-hydrogen) atoms. The molecule has 0 unspecified atom stereocenters. The number of halogens is 1. The Kier molecular flexibility index (Phi) is 2.40. The van der Waals surface area contributed by atoms with Crippen LogP contribution in [0.15, 0.2) is 11.0 Å². The van der Waals surface area contributed by atoms with Crippen LogP contribution in [0, 0.1) is 6.92 Å². The van der Waals surface area contributed by atoms with E-state index in [0.29, 0.717) is 0 Å². The fraction of sp³-hybridized carbons (Fsp3) is 0.167. The van der Waals surface area contributed by atoms with Gasteiger partial charge in [0.05, 0.1) is 4.88 Å². The number of amides is 1. The molecule has 0 aliphatic carbocycles. The number of carbonyl (C=O) groups excluding carboxylic acids is 1. The SMILES string of the molecule is Cc1sc(C(N)=O)cc1S(=O)(=O)F. The highest BCUT2D eigenvalue weighted by atomic mass is 32.3. The second-order valence-corrected chi connectivity index (χ2v) is 4.91. The summed E-state index contributed by atoms with van der Waals surface area (Å²) < 4.78 is 33.4. The smallest absolute Gasteiger partial charge is 0.333 e. The average molecular weight is 223 g/mol. The zero-order chi connectivity index (χ0) is 10.2. The van der Waals surface area contributed by atoms with Crippen LogP contribution in [0.3, 0.4) is 0 Å². The van der Waals surface area contributed by atoms with Crippen LogP contribution >= 0.6 is 11.3 Å². The quantitative estimate of drug-likeness (QED) is 0.754. The van der Waals surface area contributed by atoms with Gasteiger partial charge < -0.3 is 5.73 Å². The van der Waals surface area contributed by atoms with Gasteiger partial charge in [0, 0.05) is 4.88 Å². The van der Waals surface area contributed by atoms with Crippen molar-refractivity contribution in [2.75, 3.05) is 0 Å². The van der Waals surface area contributed by atoms with E-state index in [-0.39, 0.29) is 9.75 Å². The van der Waals surface area contributed by atoms with Crippen molar-refractivity contribution in [1.82, 2.24) is 0 Å². The second kappa shape index (κ2) is 3.08. The van der Waals surface area contributed by atoms with Gasteiger partial charge in [0.2, 0.25) is 0 Å². The number of primary amides is 1. The maximum absolute atomic E-state index is 12.5. The Hall–Kier alpha value is -0.950. The Bertz CT molecular complexity index is 448. The Balaban J connectivity index is 3.35. The normalized spacial score (nSPS) is 11.5. The van der Waals surface area contributed by atoms with Crippen molar-refractivity contribution in [2.45, 2.75) is 11.8 Å². The van der Waals surface area contributed by atoms with Gasteiger partial charge in [-0.05, 0) is 13.0 Å². The molecule has 0 aliphatic heterocycles. The number of hydrogen-bond acceptors (Lipinski definition) is 4. The van der Waals surface area contributed by atoms with Crippen molar-refractivity contribution in [3.8, 4) is 0 Å². The van der Waals surface area contributed by atoms with E-state index in [4.69, 9.17) is 5.73 Å². The number of carbonyl (C=O) groups is 1. The first-order valence-electron chi connectivity index (χ1n) is 3.17. The zero-order valence-corrected chi connectivity index (χ0v) is 8.21. The van der Waals surface area contributed by atoms with Gasteiger partial charge in [-0.2, -0.15) is 8.42 Å². The summed E-state index contributed by atoms with van der Waals surface area (Å²) in [6, 6.07) is 0.942. The molecular formula is C6H6FNO3S2. The maximum atomic E-state index is 12.5. The Morgan fingerprint density at radius 1 is 1.62 bits per heavy atom. The second-order valence-electron chi connectivity index (χ2n) is 2.33. The predicted molar refractivity (Wildman–Crippen MR) is 45.9 cm³/mol. The monoisotopic (exact) mass is 223 g/mol. The number of thiophene rings is 1. The molecule has 2 N–H and O–H groups in total. The molecular weight excluding hydrogens is 217 g/mol. The number of hydrogen-bond donors (Lipinski definition) is 1. The summed E-state index contributed by atoms with van der Waals surface area (Å²) in [5.74, 6) is -0.761. The van der Waals surface area contributed by atoms with Gasteiger partial charge in [0.15, 0.2) is 0 Å². The molecule has 7 heteroatoms. The molecule has 1 aromatic rings. The standard InChI is InChI=1S/C6H6FNO3S2/c1-3-5(13(7,10)11)2-4(12-3)6(8)9/h2H,1H3,(H2,8,9). The fourth-order valence-electron chi connectivity index (χ4n) is 0.829. The molecule has 0 bridgehead atoms. The Morgan fingerprint density at radius 3 is 2.38 bits per heavy atom. The average Bonchev–Trinajstić information content (AvgIpc) is 2.29. The minimum Gasteiger partial charge on any atom is -0.365 e. The van der Waals surface area contributed by atoms with Crippen LogP contribution in [-0.4, -0.2) is 14.3 Å². The van der Waals surface area contributed by atoms with Crippen molar-refractivity contribution < 1.29 is 17.1 Å². The van der Waals surface area contributed by atoms with Gasteiger partial charge >= 0.3 is 10.2 Å². The van der Waals surface area contributed by atoms with Crippen LogP contribution in [0.2, 0.25) is 0 Å². The van der Waals surface area contributed by atoms with E-state index in [1.165, 1.54) is 6.92 Å². The maximum Gasteiger partial charge on any atom is 0.333 e. The summed E-state index contributed by atoms with van der Waals surface area (Å²) in [5, 5.41) is 0. The molecule has 0 saturated carbocycles. The third-order valence-corrected chi connectivity index (χ3v) is 3.52. The zero-order valence-electron chi connectivity index (χ0n) is 6.57. The molecule has 1 amide bonds. The van der Waals surface area contributed by atoms with Crippen LogP contribution < -0.4 is 5.73 Å². The summed E-state index contributed by atoms with van der Waals surface area (Å²) in [5.41, 5.74) is 4.89. The first-order valence-corrected chi connectivity index (χ1v) is 5.37. The molecule has 0 aromatic carbocycles. The minimum absolute atomic E-state index is 0.0359. The first kappa shape index (κ1) is 10.1. The molecule has 0 fully saturated rings. The van der Waals surface area contributed by atoms with Crippen LogP contribution in [0.1, 0.15) is 14.5 Å². The van der Waals surface area contributed by atoms with Gasteiger partial charge in [-0.15, -0.1) is 15.2 Å². The van der Waals surface area contributed by atoms with E-state index in [2.05, 4.69) is 0 Å². The van der Waals surface area contributed by atoms with Gasteiger partial charge in [-0.3, -0.25) is 4.79 Å². The Morgan fingerprint density at radius 2 is 2.15 bits per heavy atom. The molecule has 1 rings (SSSR count). The van der Waals surface area contributed by atoms with Crippen molar-refractivity contribution in [1.29, 1.82) is 0 Å². The first-order chi connectivity index (χ1) is 5.82. The lowest BCUT2D eigenvalue weighted by Crippen LogP contribution is -2.08. The highest BCUT2D eigenvalue weighted by molar-refractivity contribution is 7.86. The summed E-state index contributed by atoms with van der Waals surface area (Å²) in [6.07, 6.45) is 0. The van der Waals surface area contributed by atoms with Crippen LogP contribution in [0.5, 0.6) is 0 Å². The summed E-state index contributed by atoms with van der Waals surface area (Å²) in [6.45, 7) is 1.41. The van der Waals surface area contributed by atoms with Gasteiger partial charge in [0.1, 0.15) is 4.90 Å². The van der Waals surface area contributed by atoms with E-state index in [0.717, 1.165) is 17.4 Å². The van der Waals surface area contributed by atoms with Crippen molar-refractivity contribution in [3.63, 3.8) is 0 Å². The van der Waals surface area contributed by atoms with Crippen molar-refractivity contribution >= 4 is 27.5 Å². The number of nitrogens with two attached hydrogens (primary N) is 1. The van der Waals surface area contributed by atoms with Crippen LogP contribution in [0.25, 0.3) is 0 Å². The van der Waals surface area contributed by atoms with E-state index in [9.17, 15) is 17.1 Å². The molecule has 4 nitrogen and oxygen atoms in total. The summed E-state index contributed by atoms with van der Waals surface area (Å²) in [7, 11) is -4.74. The predicted octanol–water partition coefficient (Wildman–Crippen LogP) is 0.814. The highest BCUT2D eigenvalue weighted by Crippen LogP contribution is 2.26. The lowest BCUT2D eigenvalue weighted by Gasteiger charge is -1.88. The van der Waals surface area contributed by atoms with E-state index in [1.807, 2.05) is 0 Å². The molecule has 0 aliphatic rings.